The number of anilines is 1. The standard InChI is InChI=1S/C14H19N5/c1-2-6-11-17-12-13(18-7-4-5-8-18)15-10-16-14(12)19(11)9-3-1/h10H,1-9H2. The van der Waals surface area contributed by atoms with Gasteiger partial charge >= 0.3 is 0 Å². The van der Waals surface area contributed by atoms with Crippen LogP contribution in [0, 0.1) is 0 Å². The second-order valence-corrected chi connectivity index (χ2v) is 5.55. The van der Waals surface area contributed by atoms with Crippen molar-refractivity contribution in [3.05, 3.63) is 12.2 Å². The van der Waals surface area contributed by atoms with Crippen molar-refractivity contribution in [1.82, 2.24) is 19.5 Å². The van der Waals surface area contributed by atoms with Crippen molar-refractivity contribution in [2.75, 3.05) is 18.0 Å². The zero-order valence-electron chi connectivity index (χ0n) is 11.2. The quantitative estimate of drug-likeness (QED) is 0.785. The smallest absolute Gasteiger partial charge is 0.165 e. The van der Waals surface area contributed by atoms with E-state index >= 15 is 0 Å². The first kappa shape index (κ1) is 11.2. The van der Waals surface area contributed by atoms with Crippen LogP contribution in [0.15, 0.2) is 6.33 Å². The van der Waals surface area contributed by atoms with Crippen LogP contribution in [-0.2, 0) is 13.0 Å². The predicted molar refractivity (Wildman–Crippen MR) is 74.3 cm³/mol. The normalized spacial score (nSPS) is 19.7. The third-order valence-corrected chi connectivity index (χ3v) is 4.28. The molecule has 0 atom stereocenters. The van der Waals surface area contributed by atoms with Gasteiger partial charge in [-0.05, 0) is 25.7 Å². The van der Waals surface area contributed by atoms with E-state index in [-0.39, 0.29) is 0 Å². The fourth-order valence-corrected chi connectivity index (χ4v) is 3.29. The number of fused-ring (bicyclic) bond motifs is 3. The zero-order chi connectivity index (χ0) is 12.7. The highest BCUT2D eigenvalue weighted by Gasteiger charge is 2.22. The molecule has 1 fully saturated rings. The van der Waals surface area contributed by atoms with Gasteiger partial charge in [0.2, 0.25) is 0 Å². The Labute approximate surface area is 112 Å². The van der Waals surface area contributed by atoms with Gasteiger partial charge in [0.15, 0.2) is 17.0 Å². The van der Waals surface area contributed by atoms with Gasteiger partial charge in [-0.1, -0.05) is 6.42 Å². The number of aromatic nitrogens is 4. The maximum absolute atomic E-state index is 4.85. The molecule has 2 aromatic rings. The van der Waals surface area contributed by atoms with Crippen LogP contribution in [0.25, 0.3) is 11.2 Å². The zero-order valence-corrected chi connectivity index (χ0v) is 11.2. The van der Waals surface area contributed by atoms with Gasteiger partial charge in [-0.15, -0.1) is 0 Å². The number of hydrogen-bond acceptors (Lipinski definition) is 4. The van der Waals surface area contributed by atoms with Crippen LogP contribution in [0.5, 0.6) is 0 Å². The van der Waals surface area contributed by atoms with E-state index in [2.05, 4.69) is 19.4 Å². The minimum atomic E-state index is 1.02. The van der Waals surface area contributed by atoms with E-state index in [1.807, 2.05) is 0 Å². The fraction of sp³-hybridized carbons (Fsp3) is 0.643. The largest absolute Gasteiger partial charge is 0.355 e. The molecule has 0 amide bonds. The van der Waals surface area contributed by atoms with Crippen molar-refractivity contribution in [3.8, 4) is 0 Å². The molecule has 5 heteroatoms. The molecule has 100 valence electrons. The molecule has 4 heterocycles. The molecule has 0 N–H and O–H groups in total. The average Bonchev–Trinajstić information content (AvgIpc) is 3.01. The number of aryl methyl sites for hydroxylation is 2. The minimum absolute atomic E-state index is 1.02. The number of hydrogen-bond donors (Lipinski definition) is 0. The van der Waals surface area contributed by atoms with Gasteiger partial charge < -0.3 is 9.47 Å². The number of rotatable bonds is 1. The Morgan fingerprint density at radius 3 is 2.63 bits per heavy atom. The van der Waals surface area contributed by atoms with Crippen LogP contribution in [-0.4, -0.2) is 32.6 Å². The predicted octanol–water partition coefficient (Wildman–Crippen LogP) is 2.15. The van der Waals surface area contributed by atoms with Crippen molar-refractivity contribution >= 4 is 17.0 Å². The molecule has 0 radical (unpaired) electrons. The van der Waals surface area contributed by atoms with Gasteiger partial charge in [-0.2, -0.15) is 0 Å². The van der Waals surface area contributed by atoms with Crippen LogP contribution in [0.2, 0.25) is 0 Å². The van der Waals surface area contributed by atoms with Gasteiger partial charge in [-0.25, -0.2) is 15.0 Å². The topological polar surface area (TPSA) is 46.8 Å². The molecule has 1 saturated heterocycles. The summed E-state index contributed by atoms with van der Waals surface area (Å²) in [5.41, 5.74) is 2.05. The van der Waals surface area contributed by atoms with Crippen molar-refractivity contribution in [1.29, 1.82) is 0 Å². The molecule has 0 bridgehead atoms. The lowest BCUT2D eigenvalue weighted by atomic mass is 10.2. The highest BCUT2D eigenvalue weighted by atomic mass is 15.2. The molecule has 2 aliphatic rings. The van der Waals surface area contributed by atoms with Crippen molar-refractivity contribution in [3.63, 3.8) is 0 Å². The van der Waals surface area contributed by atoms with E-state index in [0.717, 1.165) is 43.0 Å². The fourth-order valence-electron chi connectivity index (χ4n) is 3.29. The van der Waals surface area contributed by atoms with E-state index in [0.29, 0.717) is 0 Å². The Kier molecular flexibility index (Phi) is 2.64. The van der Waals surface area contributed by atoms with Crippen molar-refractivity contribution in [2.24, 2.45) is 0 Å². The molecule has 0 spiro atoms. The molecule has 0 unspecified atom stereocenters. The minimum Gasteiger partial charge on any atom is -0.355 e. The molecule has 5 nitrogen and oxygen atoms in total. The van der Waals surface area contributed by atoms with Gasteiger partial charge in [0.1, 0.15) is 12.2 Å². The summed E-state index contributed by atoms with van der Waals surface area (Å²) in [6, 6.07) is 0. The Balaban J connectivity index is 1.87. The van der Waals surface area contributed by atoms with E-state index in [9.17, 15) is 0 Å². The summed E-state index contributed by atoms with van der Waals surface area (Å²) >= 11 is 0. The summed E-state index contributed by atoms with van der Waals surface area (Å²) in [6.07, 6.45) is 9.09. The van der Waals surface area contributed by atoms with Crippen LogP contribution in [0.4, 0.5) is 5.82 Å². The first-order valence-corrected chi connectivity index (χ1v) is 7.38. The lowest BCUT2D eigenvalue weighted by molar-refractivity contribution is 0.643. The molecule has 0 aliphatic carbocycles. The first-order chi connectivity index (χ1) is 9.43. The second kappa shape index (κ2) is 4.47. The average molecular weight is 257 g/mol. The summed E-state index contributed by atoms with van der Waals surface area (Å²) in [5.74, 6) is 2.25. The molecule has 2 aromatic heterocycles. The van der Waals surface area contributed by atoms with Crippen molar-refractivity contribution < 1.29 is 0 Å². The highest BCUT2D eigenvalue weighted by Crippen LogP contribution is 2.28. The monoisotopic (exact) mass is 257 g/mol. The maximum atomic E-state index is 4.85. The summed E-state index contributed by atoms with van der Waals surface area (Å²) in [6.45, 7) is 3.27. The Morgan fingerprint density at radius 2 is 1.74 bits per heavy atom. The van der Waals surface area contributed by atoms with Gasteiger partial charge in [0.05, 0.1) is 0 Å². The van der Waals surface area contributed by atoms with E-state index in [1.165, 1.54) is 37.9 Å². The maximum Gasteiger partial charge on any atom is 0.165 e. The molecule has 2 aliphatic heterocycles. The molecule has 0 saturated carbocycles. The molecular formula is C14H19N5. The van der Waals surface area contributed by atoms with E-state index in [4.69, 9.17) is 4.98 Å². The number of imidazole rings is 1. The van der Waals surface area contributed by atoms with Crippen molar-refractivity contribution in [2.45, 2.75) is 45.1 Å². The molecule has 19 heavy (non-hydrogen) atoms. The molecular weight excluding hydrogens is 238 g/mol. The highest BCUT2D eigenvalue weighted by molar-refractivity contribution is 5.84. The second-order valence-electron chi connectivity index (χ2n) is 5.55. The third kappa shape index (κ3) is 1.79. The van der Waals surface area contributed by atoms with Crippen LogP contribution < -0.4 is 4.90 Å². The van der Waals surface area contributed by atoms with E-state index in [1.54, 1.807) is 6.33 Å². The Hall–Kier alpha value is -1.65. The van der Waals surface area contributed by atoms with Gasteiger partial charge in [-0.3, -0.25) is 0 Å². The first-order valence-electron chi connectivity index (χ1n) is 7.38. The van der Waals surface area contributed by atoms with Crippen LogP contribution >= 0.6 is 0 Å². The summed E-state index contributed by atoms with van der Waals surface area (Å²) in [5, 5.41) is 0. The van der Waals surface area contributed by atoms with Crippen LogP contribution in [0.3, 0.4) is 0 Å². The van der Waals surface area contributed by atoms with E-state index < -0.39 is 0 Å². The Morgan fingerprint density at radius 1 is 0.895 bits per heavy atom. The summed E-state index contributed by atoms with van der Waals surface area (Å²) in [7, 11) is 0. The number of nitrogens with zero attached hydrogens (tertiary/aromatic N) is 5. The lowest BCUT2D eigenvalue weighted by Crippen LogP contribution is -2.19. The lowest BCUT2D eigenvalue weighted by Gasteiger charge is -2.15. The summed E-state index contributed by atoms with van der Waals surface area (Å²) in [4.78, 5) is 16.2. The summed E-state index contributed by atoms with van der Waals surface area (Å²) < 4.78 is 2.31. The van der Waals surface area contributed by atoms with Gasteiger partial charge in [0, 0.05) is 26.1 Å². The van der Waals surface area contributed by atoms with Crippen LogP contribution in [0.1, 0.15) is 37.9 Å². The van der Waals surface area contributed by atoms with Gasteiger partial charge in [0.25, 0.3) is 0 Å². The third-order valence-electron chi connectivity index (χ3n) is 4.28. The SMILES string of the molecule is c1nc(N2CCCC2)c2nc3n(c2n1)CCCCC3. The molecule has 4 rings (SSSR count). The molecule has 0 aromatic carbocycles. The Bertz CT molecular complexity index is 597.